The van der Waals surface area contributed by atoms with E-state index in [4.69, 9.17) is 18.9 Å². The second kappa shape index (κ2) is 11.5. The van der Waals surface area contributed by atoms with Crippen LogP contribution in [0, 0.1) is 6.92 Å². The van der Waals surface area contributed by atoms with E-state index in [2.05, 4.69) is 0 Å². The van der Waals surface area contributed by atoms with Crippen LogP contribution in [0.2, 0.25) is 0 Å². The number of carbonyl (C=O) groups is 2. The third-order valence-electron chi connectivity index (χ3n) is 7.51. The number of imide groups is 1. The first-order chi connectivity index (χ1) is 18.9. The van der Waals surface area contributed by atoms with E-state index in [9.17, 15) is 14.7 Å². The highest BCUT2D eigenvalue weighted by atomic mass is 16.6. The first-order valence-electron chi connectivity index (χ1n) is 13.1. The fourth-order valence-electron chi connectivity index (χ4n) is 5.45. The monoisotopic (exact) mass is 531 g/mol. The molecule has 204 valence electrons. The number of hydrogen-bond donors (Lipinski definition) is 1. The van der Waals surface area contributed by atoms with Crippen molar-refractivity contribution in [2.75, 3.05) is 20.8 Å². The van der Waals surface area contributed by atoms with Crippen LogP contribution in [0.3, 0.4) is 0 Å². The first-order valence-corrected chi connectivity index (χ1v) is 13.1. The van der Waals surface area contributed by atoms with Gasteiger partial charge in [-0.2, -0.15) is 0 Å². The van der Waals surface area contributed by atoms with E-state index in [1.807, 2.05) is 61.5 Å². The van der Waals surface area contributed by atoms with Crippen LogP contribution in [-0.4, -0.2) is 61.1 Å². The first kappa shape index (κ1) is 26.7. The van der Waals surface area contributed by atoms with Gasteiger partial charge in [0.25, 0.3) is 5.91 Å². The Morgan fingerprint density at radius 3 is 2.18 bits per heavy atom. The van der Waals surface area contributed by atoms with E-state index in [1.165, 1.54) is 14.2 Å². The van der Waals surface area contributed by atoms with E-state index >= 15 is 0 Å². The molecule has 1 N–H and O–H groups in total. The molecule has 2 aliphatic rings. The van der Waals surface area contributed by atoms with Crippen molar-refractivity contribution in [2.24, 2.45) is 0 Å². The number of aliphatic hydroxyl groups is 1. The largest absolute Gasteiger partial charge is 0.496 e. The predicted octanol–water partition coefficient (Wildman–Crippen LogP) is 4.19. The van der Waals surface area contributed by atoms with Crippen LogP contribution in [0.15, 0.2) is 66.7 Å². The van der Waals surface area contributed by atoms with Crippen molar-refractivity contribution in [1.29, 1.82) is 0 Å². The van der Waals surface area contributed by atoms with Gasteiger partial charge in [0.2, 0.25) is 0 Å². The Kier molecular flexibility index (Phi) is 7.86. The maximum atomic E-state index is 14.1. The minimum Gasteiger partial charge on any atom is -0.496 e. The van der Waals surface area contributed by atoms with Crippen molar-refractivity contribution >= 4 is 12.0 Å². The third-order valence-corrected chi connectivity index (χ3v) is 7.51. The molecule has 39 heavy (non-hydrogen) atoms. The molecule has 0 aromatic heterocycles. The Bertz CT molecular complexity index is 1290. The lowest BCUT2D eigenvalue weighted by Gasteiger charge is -2.30. The summed E-state index contributed by atoms with van der Waals surface area (Å²) in [6.07, 6.45) is -2.19. The molecule has 3 aromatic carbocycles. The Morgan fingerprint density at radius 1 is 1.00 bits per heavy atom. The molecule has 0 spiro atoms. The van der Waals surface area contributed by atoms with Gasteiger partial charge in [-0.15, -0.1) is 0 Å². The number of benzene rings is 3. The molecule has 0 bridgehead atoms. The second-order valence-electron chi connectivity index (χ2n) is 9.98. The standard InChI is InChI=1S/C31H33NO7/c1-19-26(36-2)16-23(17-27(19)37-3)28(33)29(39-25-14-21-11-7-8-12-22(21)15-25)30(34)32-24(18-38-31(32)35)13-20-9-5-4-6-10-20/h4-12,16-17,24-25,28-29,33H,13-15,18H2,1-3H3/t24-,28?,29?/m1/s1. The molecule has 2 amide bonds. The van der Waals surface area contributed by atoms with Gasteiger partial charge in [-0.25, -0.2) is 9.69 Å². The molecular formula is C31H33NO7. The zero-order valence-electron chi connectivity index (χ0n) is 22.3. The lowest BCUT2D eigenvalue weighted by Crippen LogP contribution is -2.49. The Labute approximate surface area is 228 Å². The summed E-state index contributed by atoms with van der Waals surface area (Å²) in [5.74, 6) is 0.371. The van der Waals surface area contributed by atoms with Gasteiger partial charge in [-0.1, -0.05) is 54.6 Å². The van der Waals surface area contributed by atoms with E-state index in [1.54, 1.807) is 12.1 Å². The number of fused-ring (bicyclic) bond motifs is 1. The van der Waals surface area contributed by atoms with Crippen molar-refractivity contribution < 1.29 is 33.6 Å². The van der Waals surface area contributed by atoms with Crippen LogP contribution in [-0.2, 0) is 33.5 Å². The number of methoxy groups -OCH3 is 2. The van der Waals surface area contributed by atoms with E-state index in [0.29, 0.717) is 36.3 Å². The van der Waals surface area contributed by atoms with Gasteiger partial charge in [0.1, 0.15) is 24.2 Å². The number of hydrogen-bond acceptors (Lipinski definition) is 7. The number of carbonyl (C=O) groups excluding carboxylic acids is 2. The second-order valence-corrected chi connectivity index (χ2v) is 9.98. The molecule has 1 saturated heterocycles. The summed E-state index contributed by atoms with van der Waals surface area (Å²) in [5.41, 5.74) is 4.40. The molecular weight excluding hydrogens is 498 g/mol. The third kappa shape index (κ3) is 5.48. The zero-order valence-corrected chi connectivity index (χ0v) is 22.3. The average molecular weight is 532 g/mol. The van der Waals surface area contributed by atoms with Gasteiger partial charge < -0.3 is 24.1 Å². The van der Waals surface area contributed by atoms with Crippen LogP contribution < -0.4 is 9.47 Å². The molecule has 1 aliphatic carbocycles. The van der Waals surface area contributed by atoms with Crippen LogP contribution >= 0.6 is 0 Å². The molecule has 3 atom stereocenters. The minimum absolute atomic E-state index is 0.0727. The topological polar surface area (TPSA) is 94.5 Å². The van der Waals surface area contributed by atoms with E-state index in [0.717, 1.165) is 27.2 Å². The van der Waals surface area contributed by atoms with Gasteiger partial charge >= 0.3 is 6.09 Å². The lowest BCUT2D eigenvalue weighted by molar-refractivity contribution is -0.155. The van der Waals surface area contributed by atoms with Gasteiger partial charge in [0.15, 0.2) is 6.10 Å². The van der Waals surface area contributed by atoms with E-state index < -0.39 is 30.3 Å². The summed E-state index contributed by atoms with van der Waals surface area (Å²) in [6, 6.07) is 20.4. The Hall–Kier alpha value is -3.88. The van der Waals surface area contributed by atoms with E-state index in [-0.39, 0.29) is 12.7 Å². The van der Waals surface area contributed by atoms with Crippen molar-refractivity contribution in [1.82, 2.24) is 4.90 Å². The van der Waals surface area contributed by atoms with Crippen molar-refractivity contribution in [3.05, 3.63) is 94.5 Å². The predicted molar refractivity (Wildman–Crippen MR) is 144 cm³/mol. The number of nitrogens with zero attached hydrogens (tertiary/aromatic N) is 1. The zero-order chi connectivity index (χ0) is 27.5. The number of amides is 2. The molecule has 1 heterocycles. The highest BCUT2D eigenvalue weighted by Gasteiger charge is 2.45. The highest BCUT2D eigenvalue weighted by molar-refractivity contribution is 5.96. The molecule has 8 heteroatoms. The summed E-state index contributed by atoms with van der Waals surface area (Å²) in [7, 11) is 3.06. The quantitative estimate of drug-likeness (QED) is 0.443. The SMILES string of the molecule is COc1cc(C(O)C(OC2Cc3ccccc3C2)C(=O)N2C(=O)OC[C@H]2Cc2ccccc2)cc(OC)c1C. The van der Waals surface area contributed by atoms with Gasteiger partial charge in [0.05, 0.1) is 26.4 Å². The van der Waals surface area contributed by atoms with Crippen molar-refractivity contribution in [3.8, 4) is 11.5 Å². The summed E-state index contributed by atoms with van der Waals surface area (Å²) in [4.78, 5) is 28.0. The maximum absolute atomic E-state index is 14.1. The molecule has 0 radical (unpaired) electrons. The minimum atomic E-state index is -1.39. The average Bonchev–Trinajstić information content (AvgIpc) is 3.54. The molecule has 8 nitrogen and oxygen atoms in total. The van der Waals surface area contributed by atoms with Gasteiger partial charge in [-0.3, -0.25) is 4.79 Å². The molecule has 2 unspecified atom stereocenters. The van der Waals surface area contributed by atoms with Crippen LogP contribution in [0.25, 0.3) is 0 Å². The van der Waals surface area contributed by atoms with Crippen LogP contribution in [0.4, 0.5) is 4.79 Å². The molecule has 0 saturated carbocycles. The van der Waals surface area contributed by atoms with Crippen molar-refractivity contribution in [2.45, 2.75) is 50.5 Å². The van der Waals surface area contributed by atoms with Crippen LogP contribution in [0.1, 0.15) is 33.9 Å². The maximum Gasteiger partial charge on any atom is 0.417 e. The number of aliphatic hydroxyl groups excluding tert-OH is 1. The fraction of sp³-hybridized carbons (Fsp3) is 0.355. The lowest BCUT2D eigenvalue weighted by atomic mass is 9.99. The summed E-state index contributed by atoms with van der Waals surface area (Å²) < 4.78 is 22.7. The normalized spacial score (nSPS) is 18.4. The summed E-state index contributed by atoms with van der Waals surface area (Å²) in [5, 5.41) is 11.6. The number of rotatable bonds is 9. The fourth-order valence-corrected chi connectivity index (χ4v) is 5.45. The smallest absolute Gasteiger partial charge is 0.417 e. The van der Waals surface area contributed by atoms with Crippen LogP contribution in [0.5, 0.6) is 11.5 Å². The number of ether oxygens (including phenoxy) is 4. The summed E-state index contributed by atoms with van der Waals surface area (Å²) in [6.45, 7) is 1.92. The van der Waals surface area contributed by atoms with Gasteiger partial charge in [-0.05, 0) is 60.6 Å². The molecule has 3 aromatic rings. The Balaban J connectivity index is 1.47. The van der Waals surface area contributed by atoms with Gasteiger partial charge in [0, 0.05) is 5.56 Å². The van der Waals surface area contributed by atoms with Crippen molar-refractivity contribution in [3.63, 3.8) is 0 Å². The molecule has 5 rings (SSSR count). The highest BCUT2D eigenvalue weighted by Crippen LogP contribution is 2.36. The molecule has 1 fully saturated rings. The Morgan fingerprint density at radius 2 is 1.59 bits per heavy atom. The molecule has 1 aliphatic heterocycles. The summed E-state index contributed by atoms with van der Waals surface area (Å²) >= 11 is 0. The number of cyclic esters (lactones) is 1.